The summed E-state index contributed by atoms with van der Waals surface area (Å²) >= 11 is 0. The molecule has 0 fully saturated rings. The van der Waals surface area contributed by atoms with Crippen LogP contribution in [0.1, 0.15) is 40.5 Å². The monoisotopic (exact) mass is 256 g/mol. The molecule has 18 heavy (non-hydrogen) atoms. The Morgan fingerprint density at radius 2 is 1.11 bits per heavy atom. The van der Waals surface area contributed by atoms with Crippen LogP contribution in [0.25, 0.3) is 0 Å². The fourth-order valence-corrected chi connectivity index (χ4v) is 1.80. The third-order valence-corrected chi connectivity index (χ3v) is 3.19. The minimum atomic E-state index is -0.798. The van der Waals surface area contributed by atoms with Crippen molar-refractivity contribution in [3.05, 3.63) is 12.2 Å². The molecule has 0 bridgehead atoms. The lowest BCUT2D eigenvalue weighted by Gasteiger charge is -2.15. The van der Waals surface area contributed by atoms with Crippen LogP contribution in [-0.2, 0) is 9.59 Å². The summed E-state index contributed by atoms with van der Waals surface area (Å²) < 4.78 is 0. The van der Waals surface area contributed by atoms with Gasteiger partial charge in [-0.05, 0) is 24.7 Å². The van der Waals surface area contributed by atoms with Gasteiger partial charge in [-0.2, -0.15) is 0 Å². The normalized spacial score (nSPS) is 15.2. The number of hydrogen-bond acceptors (Lipinski definition) is 2. The van der Waals surface area contributed by atoms with Crippen LogP contribution in [0.4, 0.5) is 0 Å². The van der Waals surface area contributed by atoms with Crippen molar-refractivity contribution >= 4 is 11.9 Å². The van der Waals surface area contributed by atoms with E-state index in [1.165, 1.54) is 0 Å². The summed E-state index contributed by atoms with van der Waals surface area (Å²) in [6.07, 6.45) is 4.49. The minimum Gasteiger partial charge on any atom is -0.481 e. The SMILES string of the molecule is CC(C)C(CC=CCC(C(=O)O)C(C)C)C(=O)O. The summed E-state index contributed by atoms with van der Waals surface area (Å²) in [7, 11) is 0. The Kier molecular flexibility index (Phi) is 7.32. The highest BCUT2D eigenvalue weighted by Gasteiger charge is 2.21. The van der Waals surface area contributed by atoms with Crippen molar-refractivity contribution in [2.45, 2.75) is 40.5 Å². The van der Waals surface area contributed by atoms with Crippen molar-refractivity contribution in [2.24, 2.45) is 23.7 Å². The lowest BCUT2D eigenvalue weighted by Crippen LogP contribution is -2.19. The summed E-state index contributed by atoms with van der Waals surface area (Å²) in [5.74, 6) is -2.24. The maximum atomic E-state index is 11.0. The first-order chi connectivity index (χ1) is 8.27. The van der Waals surface area contributed by atoms with E-state index in [9.17, 15) is 9.59 Å². The number of allylic oxidation sites excluding steroid dienone is 2. The second-order valence-corrected chi connectivity index (χ2v) is 5.32. The van der Waals surface area contributed by atoms with Crippen molar-refractivity contribution in [3.63, 3.8) is 0 Å². The molecule has 2 atom stereocenters. The zero-order valence-corrected chi connectivity index (χ0v) is 11.6. The molecule has 0 rings (SSSR count). The average molecular weight is 256 g/mol. The number of hydrogen-bond donors (Lipinski definition) is 2. The first kappa shape index (κ1) is 16.7. The van der Waals surface area contributed by atoms with Crippen LogP contribution in [0.15, 0.2) is 12.2 Å². The fourth-order valence-electron chi connectivity index (χ4n) is 1.80. The lowest BCUT2D eigenvalue weighted by atomic mass is 9.90. The van der Waals surface area contributed by atoms with Crippen LogP contribution in [0.3, 0.4) is 0 Å². The molecule has 0 aliphatic rings. The van der Waals surface area contributed by atoms with E-state index in [1.54, 1.807) is 12.2 Å². The standard InChI is InChI=1S/C14H24O4/c1-9(2)11(13(15)16)7-5-6-8-12(10(3)4)14(17)18/h5-6,9-12H,7-8H2,1-4H3,(H,15,16)(H,17,18). The summed E-state index contributed by atoms with van der Waals surface area (Å²) in [6.45, 7) is 7.50. The van der Waals surface area contributed by atoms with Crippen LogP contribution in [0.2, 0.25) is 0 Å². The Balaban J connectivity index is 4.32. The van der Waals surface area contributed by atoms with Crippen LogP contribution in [0, 0.1) is 23.7 Å². The summed E-state index contributed by atoms with van der Waals surface area (Å²) in [5.41, 5.74) is 0. The highest BCUT2D eigenvalue weighted by molar-refractivity contribution is 5.71. The van der Waals surface area contributed by atoms with Crippen molar-refractivity contribution in [1.82, 2.24) is 0 Å². The van der Waals surface area contributed by atoms with Crippen molar-refractivity contribution in [3.8, 4) is 0 Å². The van der Waals surface area contributed by atoms with E-state index < -0.39 is 23.8 Å². The Hall–Kier alpha value is -1.32. The van der Waals surface area contributed by atoms with Gasteiger partial charge < -0.3 is 10.2 Å². The summed E-state index contributed by atoms with van der Waals surface area (Å²) in [4.78, 5) is 21.9. The first-order valence-corrected chi connectivity index (χ1v) is 6.38. The zero-order chi connectivity index (χ0) is 14.3. The largest absolute Gasteiger partial charge is 0.481 e. The van der Waals surface area contributed by atoms with Gasteiger partial charge in [0.05, 0.1) is 11.8 Å². The molecule has 0 aromatic rings. The molecule has 0 spiro atoms. The number of carboxylic acid groups (broad SMARTS) is 2. The predicted octanol–water partition coefficient (Wildman–Crippen LogP) is 3.04. The molecule has 0 saturated carbocycles. The van der Waals surface area contributed by atoms with Gasteiger partial charge in [0.25, 0.3) is 0 Å². The van der Waals surface area contributed by atoms with E-state index in [1.807, 2.05) is 27.7 Å². The fraction of sp³-hybridized carbons (Fsp3) is 0.714. The minimum absolute atomic E-state index is 0.0764. The highest BCUT2D eigenvalue weighted by Crippen LogP contribution is 2.19. The molecule has 0 aromatic heterocycles. The maximum Gasteiger partial charge on any atom is 0.307 e. The van der Waals surface area contributed by atoms with Gasteiger partial charge in [0.1, 0.15) is 0 Å². The van der Waals surface area contributed by atoms with Crippen molar-refractivity contribution in [2.75, 3.05) is 0 Å². The highest BCUT2D eigenvalue weighted by atomic mass is 16.4. The van der Waals surface area contributed by atoms with Crippen LogP contribution in [-0.4, -0.2) is 22.2 Å². The van der Waals surface area contributed by atoms with Gasteiger partial charge in [0.2, 0.25) is 0 Å². The van der Waals surface area contributed by atoms with Gasteiger partial charge >= 0.3 is 11.9 Å². The predicted molar refractivity (Wildman–Crippen MR) is 70.3 cm³/mol. The topological polar surface area (TPSA) is 74.6 Å². The van der Waals surface area contributed by atoms with E-state index >= 15 is 0 Å². The zero-order valence-electron chi connectivity index (χ0n) is 11.6. The quantitative estimate of drug-likeness (QED) is 0.654. The molecule has 2 unspecified atom stereocenters. The average Bonchev–Trinajstić information content (AvgIpc) is 2.20. The third kappa shape index (κ3) is 5.84. The van der Waals surface area contributed by atoms with E-state index in [0.717, 1.165) is 0 Å². The molecule has 0 saturated heterocycles. The second-order valence-electron chi connectivity index (χ2n) is 5.32. The van der Waals surface area contributed by atoms with Gasteiger partial charge in [0, 0.05) is 0 Å². The molecule has 0 radical (unpaired) electrons. The van der Waals surface area contributed by atoms with Crippen molar-refractivity contribution in [1.29, 1.82) is 0 Å². The molecular weight excluding hydrogens is 232 g/mol. The van der Waals surface area contributed by atoms with Crippen LogP contribution < -0.4 is 0 Å². The molecular formula is C14H24O4. The van der Waals surface area contributed by atoms with Gasteiger partial charge in [-0.25, -0.2) is 0 Å². The third-order valence-electron chi connectivity index (χ3n) is 3.19. The Morgan fingerprint density at radius 3 is 1.28 bits per heavy atom. The van der Waals surface area contributed by atoms with Crippen molar-refractivity contribution < 1.29 is 19.8 Å². The Labute approximate surface area is 109 Å². The first-order valence-electron chi connectivity index (χ1n) is 6.38. The number of rotatable bonds is 8. The van der Waals surface area contributed by atoms with E-state index in [0.29, 0.717) is 12.8 Å². The van der Waals surface area contributed by atoms with E-state index in [2.05, 4.69) is 0 Å². The van der Waals surface area contributed by atoms with Gasteiger partial charge in [0.15, 0.2) is 0 Å². The molecule has 2 N–H and O–H groups in total. The van der Waals surface area contributed by atoms with E-state index in [4.69, 9.17) is 10.2 Å². The number of carboxylic acids is 2. The summed E-state index contributed by atoms with van der Waals surface area (Å²) in [6, 6.07) is 0. The second kappa shape index (κ2) is 7.90. The van der Waals surface area contributed by atoms with Gasteiger partial charge in [-0.1, -0.05) is 39.8 Å². The molecule has 0 aromatic carbocycles. The molecule has 4 nitrogen and oxygen atoms in total. The van der Waals surface area contributed by atoms with Crippen LogP contribution >= 0.6 is 0 Å². The number of aliphatic carboxylic acids is 2. The molecule has 0 heterocycles. The molecule has 4 heteroatoms. The van der Waals surface area contributed by atoms with Gasteiger partial charge in [-0.15, -0.1) is 0 Å². The summed E-state index contributed by atoms with van der Waals surface area (Å²) in [5, 5.41) is 18.0. The molecule has 0 aliphatic heterocycles. The smallest absolute Gasteiger partial charge is 0.307 e. The lowest BCUT2D eigenvalue weighted by molar-refractivity contribution is -0.144. The van der Waals surface area contributed by atoms with Gasteiger partial charge in [-0.3, -0.25) is 9.59 Å². The molecule has 104 valence electrons. The maximum absolute atomic E-state index is 11.0. The molecule has 0 amide bonds. The number of carbonyl (C=O) groups is 2. The molecule has 0 aliphatic carbocycles. The Bertz CT molecular complexity index is 275. The Morgan fingerprint density at radius 1 is 0.833 bits per heavy atom. The van der Waals surface area contributed by atoms with Crippen LogP contribution in [0.5, 0.6) is 0 Å². The van der Waals surface area contributed by atoms with E-state index in [-0.39, 0.29) is 11.8 Å².